The van der Waals surface area contributed by atoms with Crippen LogP contribution in [0.5, 0.6) is 5.75 Å². The number of ether oxygens (including phenoxy) is 1. The van der Waals surface area contributed by atoms with E-state index in [-0.39, 0.29) is 5.69 Å². The molecule has 0 saturated carbocycles. The normalized spacial score (nSPS) is 10.2. The van der Waals surface area contributed by atoms with Gasteiger partial charge in [0.25, 0.3) is 0 Å². The third kappa shape index (κ3) is 2.66. The summed E-state index contributed by atoms with van der Waals surface area (Å²) in [6.07, 6.45) is 0. The van der Waals surface area contributed by atoms with E-state index in [2.05, 4.69) is 15.4 Å². The molecule has 0 aliphatic rings. The summed E-state index contributed by atoms with van der Waals surface area (Å²) >= 11 is 0. The molecule has 1 aromatic carbocycles. The Kier molecular flexibility index (Phi) is 3.13. The lowest BCUT2D eigenvalue weighted by atomic mass is 10.3. The molecule has 0 aliphatic carbocycles. The van der Waals surface area contributed by atoms with Gasteiger partial charge >= 0.3 is 5.69 Å². The van der Waals surface area contributed by atoms with E-state index in [9.17, 15) is 4.79 Å². The average Bonchev–Trinajstić information content (AvgIpc) is 2.67. The highest BCUT2D eigenvalue weighted by Gasteiger charge is 2.01. The Morgan fingerprint density at radius 3 is 3.00 bits per heavy atom. The molecule has 0 aliphatic heterocycles. The second-order valence-corrected chi connectivity index (χ2v) is 3.59. The van der Waals surface area contributed by atoms with Crippen LogP contribution in [0.3, 0.4) is 0 Å². The van der Waals surface area contributed by atoms with Crippen LogP contribution >= 0.6 is 0 Å². The third-order valence-electron chi connectivity index (χ3n) is 2.35. The van der Waals surface area contributed by atoms with E-state index in [0.717, 1.165) is 11.4 Å². The summed E-state index contributed by atoms with van der Waals surface area (Å²) in [5.74, 6) is 1.38. The molecule has 0 unspecified atom stereocenters. The lowest BCUT2D eigenvalue weighted by Gasteiger charge is -2.05. The standard InChI is InChI=1S/C11H14N4O2/c1-15-11(16)13-10(14-15)7-12-8-4-3-5-9(6-8)17-2/h3-6,12H,7H2,1-2H3,(H,13,14,16). The Hall–Kier alpha value is -2.24. The molecule has 0 saturated heterocycles. The van der Waals surface area contributed by atoms with Crippen LogP contribution in [0.4, 0.5) is 5.69 Å². The Labute approximate surface area is 98.2 Å². The predicted molar refractivity (Wildman–Crippen MR) is 64.1 cm³/mol. The number of nitrogens with one attached hydrogen (secondary N) is 2. The molecular formula is C11H14N4O2. The van der Waals surface area contributed by atoms with Gasteiger partial charge in [-0.25, -0.2) is 9.48 Å². The van der Waals surface area contributed by atoms with Crippen LogP contribution < -0.4 is 15.7 Å². The summed E-state index contributed by atoms with van der Waals surface area (Å²) in [5.41, 5.74) is 0.697. The number of anilines is 1. The van der Waals surface area contributed by atoms with Gasteiger partial charge in [0, 0.05) is 18.8 Å². The van der Waals surface area contributed by atoms with Crippen LogP contribution in [0.1, 0.15) is 5.82 Å². The van der Waals surface area contributed by atoms with Crippen molar-refractivity contribution in [2.45, 2.75) is 6.54 Å². The van der Waals surface area contributed by atoms with E-state index >= 15 is 0 Å². The summed E-state index contributed by atoms with van der Waals surface area (Å²) in [4.78, 5) is 13.8. The predicted octanol–water partition coefficient (Wildman–Crippen LogP) is 0.729. The molecule has 1 heterocycles. The number of aromatic nitrogens is 3. The number of aromatic amines is 1. The Morgan fingerprint density at radius 2 is 2.35 bits per heavy atom. The SMILES string of the molecule is COc1cccc(NCc2nn(C)c(=O)[nH]2)c1. The van der Waals surface area contributed by atoms with Crippen molar-refractivity contribution in [3.8, 4) is 5.75 Å². The number of benzene rings is 1. The molecule has 0 atom stereocenters. The second-order valence-electron chi connectivity index (χ2n) is 3.59. The van der Waals surface area contributed by atoms with Crippen LogP contribution in [0.15, 0.2) is 29.1 Å². The minimum absolute atomic E-state index is 0.215. The first kappa shape index (κ1) is 11.3. The summed E-state index contributed by atoms with van der Waals surface area (Å²) < 4.78 is 6.38. The van der Waals surface area contributed by atoms with Gasteiger partial charge in [0.05, 0.1) is 13.7 Å². The first-order valence-corrected chi connectivity index (χ1v) is 5.19. The van der Waals surface area contributed by atoms with Crippen molar-refractivity contribution in [2.75, 3.05) is 12.4 Å². The van der Waals surface area contributed by atoms with Crippen molar-refractivity contribution >= 4 is 5.69 Å². The molecule has 6 heteroatoms. The van der Waals surface area contributed by atoms with E-state index in [1.807, 2.05) is 24.3 Å². The highest BCUT2D eigenvalue weighted by molar-refractivity contribution is 5.48. The molecule has 0 fully saturated rings. The number of H-pyrrole nitrogens is 1. The lowest BCUT2D eigenvalue weighted by Crippen LogP contribution is -2.13. The minimum Gasteiger partial charge on any atom is -0.497 e. The molecule has 0 amide bonds. The molecule has 0 spiro atoms. The maximum atomic E-state index is 11.1. The Morgan fingerprint density at radius 1 is 1.53 bits per heavy atom. The van der Waals surface area contributed by atoms with Gasteiger partial charge in [-0.15, -0.1) is 0 Å². The lowest BCUT2D eigenvalue weighted by molar-refractivity contribution is 0.415. The summed E-state index contributed by atoms with van der Waals surface area (Å²) in [6, 6.07) is 7.56. The maximum Gasteiger partial charge on any atom is 0.343 e. The van der Waals surface area contributed by atoms with Gasteiger partial charge in [-0.1, -0.05) is 6.07 Å². The number of hydrogen-bond donors (Lipinski definition) is 2. The number of hydrogen-bond acceptors (Lipinski definition) is 4. The Bertz CT molecular complexity index is 559. The molecule has 17 heavy (non-hydrogen) atoms. The number of methoxy groups -OCH3 is 1. The smallest absolute Gasteiger partial charge is 0.343 e. The molecular weight excluding hydrogens is 220 g/mol. The van der Waals surface area contributed by atoms with Gasteiger partial charge < -0.3 is 10.1 Å². The van der Waals surface area contributed by atoms with Crippen molar-refractivity contribution in [3.05, 3.63) is 40.6 Å². The van der Waals surface area contributed by atoms with Crippen LogP contribution in [-0.2, 0) is 13.6 Å². The maximum absolute atomic E-state index is 11.1. The molecule has 0 radical (unpaired) electrons. The minimum atomic E-state index is -0.215. The quantitative estimate of drug-likeness (QED) is 0.818. The van der Waals surface area contributed by atoms with Crippen molar-refractivity contribution in [2.24, 2.45) is 7.05 Å². The van der Waals surface area contributed by atoms with Gasteiger partial charge in [0.2, 0.25) is 0 Å². The fourth-order valence-electron chi connectivity index (χ4n) is 1.45. The second kappa shape index (κ2) is 4.73. The molecule has 6 nitrogen and oxygen atoms in total. The van der Waals surface area contributed by atoms with Gasteiger partial charge in [-0.2, -0.15) is 5.10 Å². The van der Waals surface area contributed by atoms with E-state index in [1.165, 1.54) is 4.68 Å². The van der Waals surface area contributed by atoms with E-state index < -0.39 is 0 Å². The molecule has 2 rings (SSSR count). The van der Waals surface area contributed by atoms with Gasteiger partial charge in [-0.05, 0) is 12.1 Å². The van der Waals surface area contributed by atoms with Crippen molar-refractivity contribution < 1.29 is 4.74 Å². The first-order chi connectivity index (χ1) is 8.19. The van der Waals surface area contributed by atoms with E-state index in [4.69, 9.17) is 4.74 Å². The van der Waals surface area contributed by atoms with Gasteiger partial charge in [0.15, 0.2) is 0 Å². The monoisotopic (exact) mass is 234 g/mol. The van der Waals surface area contributed by atoms with Crippen molar-refractivity contribution in [3.63, 3.8) is 0 Å². The van der Waals surface area contributed by atoms with Crippen molar-refractivity contribution in [1.29, 1.82) is 0 Å². The first-order valence-electron chi connectivity index (χ1n) is 5.19. The van der Waals surface area contributed by atoms with Gasteiger partial charge in [0.1, 0.15) is 11.6 Å². The fraction of sp³-hybridized carbons (Fsp3) is 0.273. The average molecular weight is 234 g/mol. The Balaban J connectivity index is 2.04. The van der Waals surface area contributed by atoms with E-state index in [0.29, 0.717) is 12.4 Å². The zero-order valence-electron chi connectivity index (χ0n) is 9.73. The van der Waals surface area contributed by atoms with Crippen LogP contribution in [0.2, 0.25) is 0 Å². The highest BCUT2D eigenvalue weighted by Crippen LogP contribution is 2.16. The summed E-state index contributed by atoms with van der Waals surface area (Å²) in [5, 5.41) is 7.17. The molecule has 90 valence electrons. The van der Waals surface area contributed by atoms with E-state index in [1.54, 1.807) is 14.2 Å². The molecule has 2 N–H and O–H groups in total. The van der Waals surface area contributed by atoms with Crippen LogP contribution in [0, 0.1) is 0 Å². The van der Waals surface area contributed by atoms with Crippen LogP contribution in [-0.4, -0.2) is 21.9 Å². The third-order valence-corrected chi connectivity index (χ3v) is 2.35. The number of aryl methyl sites for hydroxylation is 1. The van der Waals surface area contributed by atoms with Gasteiger partial charge in [-0.3, -0.25) is 4.98 Å². The number of rotatable bonds is 4. The largest absolute Gasteiger partial charge is 0.497 e. The highest BCUT2D eigenvalue weighted by atomic mass is 16.5. The van der Waals surface area contributed by atoms with Crippen LogP contribution in [0.25, 0.3) is 0 Å². The zero-order chi connectivity index (χ0) is 12.3. The van der Waals surface area contributed by atoms with Crippen molar-refractivity contribution in [1.82, 2.24) is 14.8 Å². The molecule has 0 bridgehead atoms. The molecule has 2 aromatic rings. The fourth-order valence-corrected chi connectivity index (χ4v) is 1.45. The summed E-state index contributed by atoms with van der Waals surface area (Å²) in [6.45, 7) is 0.462. The topological polar surface area (TPSA) is 71.9 Å². The summed E-state index contributed by atoms with van der Waals surface area (Å²) in [7, 11) is 3.23. The zero-order valence-corrected chi connectivity index (χ0v) is 9.73. The number of nitrogens with zero attached hydrogens (tertiary/aromatic N) is 2. The molecule has 1 aromatic heterocycles.